The molecule has 244 valence electrons. The van der Waals surface area contributed by atoms with Gasteiger partial charge in [0, 0.05) is 16.3 Å². The molecule has 2 aromatic heterocycles. The molecule has 0 bridgehead atoms. The SMILES string of the molecule is C1=CCCC(C2=CC=C(c3nc(C4=Cc5ccccc5CC4)nc(-c4cc(-c5cccc6oc7ccccc7c56)c5ccccc5c4)n3)CC2)=C1. The van der Waals surface area contributed by atoms with Crippen molar-refractivity contribution >= 4 is 49.9 Å². The molecule has 0 N–H and O–H groups in total. The number of aryl methyl sites for hydroxylation is 1. The highest BCUT2D eigenvalue weighted by Gasteiger charge is 2.22. The van der Waals surface area contributed by atoms with Gasteiger partial charge in [-0.05, 0) is 124 Å². The van der Waals surface area contributed by atoms with E-state index in [0.717, 1.165) is 105 Å². The van der Waals surface area contributed by atoms with Gasteiger partial charge in [0.2, 0.25) is 0 Å². The molecule has 0 aliphatic heterocycles. The molecule has 7 aromatic rings. The van der Waals surface area contributed by atoms with Crippen LogP contribution >= 0.6 is 0 Å². The Morgan fingerprint density at radius 1 is 0.510 bits per heavy atom. The van der Waals surface area contributed by atoms with Gasteiger partial charge in [-0.1, -0.05) is 109 Å². The number of nitrogens with zero attached hydrogens (tertiary/aromatic N) is 3. The normalized spacial score (nSPS) is 15.8. The summed E-state index contributed by atoms with van der Waals surface area (Å²) in [6, 6.07) is 36.4. The summed E-state index contributed by atoms with van der Waals surface area (Å²) in [6.07, 6.45) is 19.5. The van der Waals surface area contributed by atoms with Gasteiger partial charge in [-0.25, -0.2) is 15.0 Å². The quantitative estimate of drug-likeness (QED) is 0.185. The third kappa shape index (κ3) is 5.35. The minimum absolute atomic E-state index is 0.696. The lowest BCUT2D eigenvalue weighted by Crippen LogP contribution is -2.09. The summed E-state index contributed by atoms with van der Waals surface area (Å²) in [5.74, 6) is 2.22. The van der Waals surface area contributed by atoms with E-state index < -0.39 is 0 Å². The Hall–Kier alpha value is -6.13. The second-order valence-corrected chi connectivity index (χ2v) is 13.7. The molecular formula is C47H35N3O. The predicted molar refractivity (Wildman–Crippen MR) is 210 cm³/mol. The number of benzene rings is 5. The molecule has 0 saturated heterocycles. The fraction of sp³-hybridized carbons (Fsp3) is 0.128. The number of allylic oxidation sites excluding steroid dienone is 9. The Balaban J connectivity index is 1.17. The maximum atomic E-state index is 6.32. The summed E-state index contributed by atoms with van der Waals surface area (Å²) < 4.78 is 6.32. The predicted octanol–water partition coefficient (Wildman–Crippen LogP) is 12.1. The van der Waals surface area contributed by atoms with Crippen LogP contribution in [0, 0.1) is 0 Å². The zero-order chi connectivity index (χ0) is 33.7. The van der Waals surface area contributed by atoms with Crippen LogP contribution in [0.15, 0.2) is 149 Å². The van der Waals surface area contributed by atoms with Crippen LogP contribution in [0.5, 0.6) is 0 Å². The van der Waals surface area contributed by atoms with Crippen molar-refractivity contribution in [3.05, 3.63) is 167 Å². The maximum Gasteiger partial charge on any atom is 0.164 e. The van der Waals surface area contributed by atoms with Crippen molar-refractivity contribution < 1.29 is 4.42 Å². The highest BCUT2D eigenvalue weighted by molar-refractivity contribution is 6.15. The minimum Gasteiger partial charge on any atom is -0.456 e. The van der Waals surface area contributed by atoms with Gasteiger partial charge in [0.25, 0.3) is 0 Å². The second kappa shape index (κ2) is 12.3. The lowest BCUT2D eigenvalue weighted by Gasteiger charge is -2.20. The van der Waals surface area contributed by atoms with E-state index in [1.54, 1.807) is 0 Å². The molecule has 0 fully saturated rings. The number of rotatable bonds is 5. The number of aromatic nitrogens is 3. The largest absolute Gasteiger partial charge is 0.456 e. The number of fused-ring (bicyclic) bond motifs is 5. The average molecular weight is 658 g/mol. The van der Waals surface area contributed by atoms with Crippen LogP contribution in [-0.4, -0.2) is 15.0 Å². The standard InChI is InChI=1S/C47H35N3O/c1-2-11-30(12-3-1)32-21-24-33(25-22-32)45-48-46(36-26-23-31-13-4-5-14-34(31)27-36)50-47(49-45)37-28-35-15-6-7-16-38(35)41(29-37)39-18-10-20-43-44(39)40-17-8-9-19-42(40)51-43/h1-2,4-11,13-21,24,27-29H,3,12,22-23,25-26H2. The fourth-order valence-corrected chi connectivity index (χ4v) is 8.02. The van der Waals surface area contributed by atoms with Crippen LogP contribution in [0.2, 0.25) is 0 Å². The minimum atomic E-state index is 0.696. The van der Waals surface area contributed by atoms with Gasteiger partial charge in [0.05, 0.1) is 0 Å². The molecular weight excluding hydrogens is 623 g/mol. The number of para-hydroxylation sites is 1. The van der Waals surface area contributed by atoms with Gasteiger partial charge < -0.3 is 4.42 Å². The Labute approximate surface area is 296 Å². The third-order valence-corrected chi connectivity index (χ3v) is 10.6. The first-order valence-electron chi connectivity index (χ1n) is 18.0. The molecule has 10 rings (SSSR count). The highest BCUT2D eigenvalue weighted by Crippen LogP contribution is 2.41. The molecule has 5 aromatic carbocycles. The van der Waals surface area contributed by atoms with E-state index in [2.05, 4.69) is 127 Å². The number of furan rings is 1. The molecule has 4 heteroatoms. The molecule has 4 nitrogen and oxygen atoms in total. The van der Waals surface area contributed by atoms with E-state index in [9.17, 15) is 0 Å². The number of hydrogen-bond donors (Lipinski definition) is 0. The molecule has 0 radical (unpaired) electrons. The molecule has 3 aliphatic rings. The third-order valence-electron chi connectivity index (χ3n) is 10.6. The van der Waals surface area contributed by atoms with Crippen molar-refractivity contribution in [2.75, 3.05) is 0 Å². The molecule has 2 heterocycles. The van der Waals surface area contributed by atoms with E-state index in [0.29, 0.717) is 5.82 Å². The van der Waals surface area contributed by atoms with Crippen molar-refractivity contribution in [2.45, 2.75) is 38.5 Å². The van der Waals surface area contributed by atoms with Crippen LogP contribution in [0.1, 0.15) is 54.9 Å². The zero-order valence-corrected chi connectivity index (χ0v) is 28.3. The smallest absolute Gasteiger partial charge is 0.164 e. The van der Waals surface area contributed by atoms with E-state index in [-0.39, 0.29) is 0 Å². The van der Waals surface area contributed by atoms with Gasteiger partial charge in [0.15, 0.2) is 17.5 Å². The van der Waals surface area contributed by atoms with E-state index in [1.807, 2.05) is 12.1 Å². The molecule has 0 unspecified atom stereocenters. The molecule has 3 aliphatic carbocycles. The average Bonchev–Trinajstić information content (AvgIpc) is 3.60. The van der Waals surface area contributed by atoms with Gasteiger partial charge in [0.1, 0.15) is 11.2 Å². The molecule has 0 saturated carbocycles. The summed E-state index contributed by atoms with van der Waals surface area (Å²) in [5.41, 5.74) is 12.8. The Kier molecular flexibility index (Phi) is 7.19. The summed E-state index contributed by atoms with van der Waals surface area (Å²) in [4.78, 5) is 15.7. The monoisotopic (exact) mass is 657 g/mol. The van der Waals surface area contributed by atoms with Gasteiger partial charge in [-0.3, -0.25) is 0 Å². The highest BCUT2D eigenvalue weighted by atomic mass is 16.3. The van der Waals surface area contributed by atoms with Crippen molar-refractivity contribution in [1.29, 1.82) is 0 Å². The van der Waals surface area contributed by atoms with Crippen LogP contribution in [0.3, 0.4) is 0 Å². The molecule has 0 spiro atoms. The lowest BCUT2D eigenvalue weighted by atomic mass is 9.89. The van der Waals surface area contributed by atoms with Crippen LogP contribution in [0.4, 0.5) is 0 Å². The van der Waals surface area contributed by atoms with Crippen LogP contribution in [-0.2, 0) is 6.42 Å². The zero-order valence-electron chi connectivity index (χ0n) is 28.3. The van der Waals surface area contributed by atoms with Crippen molar-refractivity contribution in [3.8, 4) is 22.5 Å². The molecule has 0 atom stereocenters. The van der Waals surface area contributed by atoms with Crippen molar-refractivity contribution in [3.63, 3.8) is 0 Å². The van der Waals surface area contributed by atoms with Gasteiger partial charge >= 0.3 is 0 Å². The van der Waals surface area contributed by atoms with Crippen LogP contribution < -0.4 is 0 Å². The molecule has 51 heavy (non-hydrogen) atoms. The summed E-state index contributed by atoms with van der Waals surface area (Å²) in [6.45, 7) is 0. The van der Waals surface area contributed by atoms with E-state index >= 15 is 0 Å². The fourth-order valence-electron chi connectivity index (χ4n) is 8.02. The summed E-state index contributed by atoms with van der Waals surface area (Å²) >= 11 is 0. The van der Waals surface area contributed by atoms with E-state index in [4.69, 9.17) is 19.4 Å². The first-order valence-corrected chi connectivity index (χ1v) is 18.0. The Bertz CT molecular complexity index is 2700. The topological polar surface area (TPSA) is 51.8 Å². The second-order valence-electron chi connectivity index (χ2n) is 13.7. The molecule has 0 amide bonds. The van der Waals surface area contributed by atoms with Crippen molar-refractivity contribution in [2.24, 2.45) is 0 Å². The summed E-state index contributed by atoms with van der Waals surface area (Å²) in [7, 11) is 0. The first kappa shape index (κ1) is 29.8. The van der Waals surface area contributed by atoms with Gasteiger partial charge in [-0.15, -0.1) is 0 Å². The van der Waals surface area contributed by atoms with Gasteiger partial charge in [-0.2, -0.15) is 0 Å². The first-order chi connectivity index (χ1) is 25.2. The maximum absolute atomic E-state index is 6.32. The summed E-state index contributed by atoms with van der Waals surface area (Å²) in [5, 5.41) is 4.56. The lowest BCUT2D eigenvalue weighted by molar-refractivity contribution is 0.669. The Morgan fingerprint density at radius 2 is 1.24 bits per heavy atom. The van der Waals surface area contributed by atoms with Crippen LogP contribution in [0.25, 0.3) is 72.4 Å². The Morgan fingerprint density at radius 3 is 2.12 bits per heavy atom. The van der Waals surface area contributed by atoms with Crippen molar-refractivity contribution in [1.82, 2.24) is 15.0 Å². The van der Waals surface area contributed by atoms with E-state index in [1.165, 1.54) is 27.7 Å². The number of hydrogen-bond acceptors (Lipinski definition) is 4.